The normalized spacial score (nSPS) is 10.4. The van der Waals surface area contributed by atoms with Gasteiger partial charge in [0, 0.05) is 24.9 Å². The average Bonchev–Trinajstić information content (AvgIpc) is 2.63. The van der Waals surface area contributed by atoms with Crippen LogP contribution in [0.1, 0.15) is 18.1 Å². The molecule has 1 aromatic heterocycles. The number of nitrogens with one attached hydrogen (secondary N) is 1. The van der Waals surface area contributed by atoms with E-state index in [1.54, 1.807) is 24.3 Å². The highest BCUT2D eigenvalue weighted by molar-refractivity contribution is 5.88. The van der Waals surface area contributed by atoms with E-state index in [0.717, 1.165) is 17.7 Å². The van der Waals surface area contributed by atoms with Gasteiger partial charge < -0.3 is 9.88 Å². The van der Waals surface area contributed by atoms with Gasteiger partial charge in [0.2, 0.25) is 5.91 Å². The molecule has 0 unspecified atom stereocenters. The first-order valence-corrected chi connectivity index (χ1v) is 8.34. The zero-order valence-electron chi connectivity index (χ0n) is 14.9. The molecule has 0 saturated heterocycles. The minimum atomic E-state index is -0.960. The second-order valence-electron chi connectivity index (χ2n) is 6.19. The molecule has 3 rings (SSSR count). The number of anilines is 1. The van der Waals surface area contributed by atoms with Crippen molar-refractivity contribution >= 4 is 11.6 Å². The summed E-state index contributed by atoms with van der Waals surface area (Å²) >= 11 is 0. The van der Waals surface area contributed by atoms with E-state index in [9.17, 15) is 18.4 Å². The number of rotatable bonds is 4. The van der Waals surface area contributed by atoms with Crippen LogP contribution in [-0.2, 0) is 11.3 Å². The first kappa shape index (κ1) is 19.0. The Morgan fingerprint density at radius 1 is 1.11 bits per heavy atom. The fourth-order valence-corrected chi connectivity index (χ4v) is 2.82. The van der Waals surface area contributed by atoms with Crippen molar-refractivity contribution in [2.24, 2.45) is 0 Å². The zero-order valence-corrected chi connectivity index (χ0v) is 14.9. The topological polar surface area (TPSA) is 74.9 Å². The van der Waals surface area contributed by atoms with Gasteiger partial charge in [-0.1, -0.05) is 12.1 Å². The second-order valence-corrected chi connectivity index (χ2v) is 6.19. The molecule has 1 N–H and O–H groups in total. The van der Waals surface area contributed by atoms with Gasteiger partial charge in [-0.3, -0.25) is 9.59 Å². The molecule has 2 aromatic carbocycles. The van der Waals surface area contributed by atoms with Crippen molar-refractivity contribution < 1.29 is 13.6 Å². The molecule has 0 fully saturated rings. The molecule has 0 aliphatic carbocycles. The molecule has 0 spiro atoms. The second kappa shape index (κ2) is 7.84. The van der Waals surface area contributed by atoms with Crippen LogP contribution in [0.3, 0.4) is 0 Å². The smallest absolute Gasteiger partial charge is 0.250 e. The Labute approximate surface area is 159 Å². The summed E-state index contributed by atoms with van der Waals surface area (Å²) in [6.45, 7) is 1.61. The Bertz CT molecular complexity index is 1140. The van der Waals surface area contributed by atoms with Gasteiger partial charge in [0.15, 0.2) is 0 Å². The highest BCUT2D eigenvalue weighted by atomic mass is 19.1. The number of carbonyl (C=O) groups excluding carboxylic acids is 1. The van der Waals surface area contributed by atoms with Gasteiger partial charge in [-0.2, -0.15) is 5.26 Å². The van der Waals surface area contributed by atoms with Crippen molar-refractivity contribution in [1.82, 2.24) is 4.57 Å². The number of carbonyl (C=O) groups is 1. The van der Waals surface area contributed by atoms with Crippen molar-refractivity contribution in [3.63, 3.8) is 0 Å². The third-order valence-corrected chi connectivity index (χ3v) is 4.07. The molecule has 0 atom stereocenters. The first-order valence-electron chi connectivity index (χ1n) is 8.34. The van der Waals surface area contributed by atoms with E-state index >= 15 is 0 Å². The maximum atomic E-state index is 13.9. The maximum Gasteiger partial charge on any atom is 0.250 e. The summed E-state index contributed by atoms with van der Waals surface area (Å²) in [6.07, 6.45) is 1.49. The van der Waals surface area contributed by atoms with Gasteiger partial charge in [-0.15, -0.1) is 0 Å². The Morgan fingerprint density at radius 2 is 1.82 bits per heavy atom. The molecule has 0 radical (unpaired) electrons. The lowest BCUT2D eigenvalue weighted by Crippen LogP contribution is -2.19. The summed E-state index contributed by atoms with van der Waals surface area (Å²) in [6, 6.07) is 13.4. The zero-order chi connectivity index (χ0) is 20.3. The van der Waals surface area contributed by atoms with E-state index in [1.165, 1.54) is 35.9 Å². The van der Waals surface area contributed by atoms with Crippen LogP contribution in [0.5, 0.6) is 0 Å². The number of hydrogen-bond donors (Lipinski definition) is 1. The molecule has 0 saturated carbocycles. The van der Waals surface area contributed by atoms with Gasteiger partial charge >= 0.3 is 0 Å². The number of aromatic nitrogens is 1. The number of hydrogen-bond acceptors (Lipinski definition) is 3. The Hall–Kier alpha value is -3.79. The number of nitrogens with zero attached hydrogens (tertiary/aromatic N) is 2. The average molecular weight is 379 g/mol. The highest BCUT2D eigenvalue weighted by Gasteiger charge is 2.12. The summed E-state index contributed by atoms with van der Waals surface area (Å²) < 4.78 is 29.2. The van der Waals surface area contributed by atoms with Crippen molar-refractivity contribution in [3.8, 4) is 17.2 Å². The van der Waals surface area contributed by atoms with Crippen molar-refractivity contribution in [3.05, 3.63) is 87.8 Å². The maximum absolute atomic E-state index is 13.9. The molecule has 1 amide bonds. The largest absolute Gasteiger partial charge is 0.326 e. The van der Waals surface area contributed by atoms with E-state index in [1.807, 2.05) is 0 Å². The lowest BCUT2D eigenvalue weighted by atomic mass is 10.0. The van der Waals surface area contributed by atoms with Crippen LogP contribution >= 0.6 is 0 Å². The summed E-state index contributed by atoms with van der Waals surface area (Å²) in [7, 11) is 0. The van der Waals surface area contributed by atoms with E-state index in [4.69, 9.17) is 5.26 Å². The molecule has 1 heterocycles. The van der Waals surface area contributed by atoms with E-state index < -0.39 is 17.2 Å². The lowest BCUT2D eigenvalue weighted by Gasteiger charge is -2.11. The fourth-order valence-electron chi connectivity index (χ4n) is 2.82. The molecular formula is C21H15F2N3O2. The van der Waals surface area contributed by atoms with Crippen LogP contribution in [0.15, 0.2) is 59.5 Å². The molecule has 5 nitrogen and oxygen atoms in total. The van der Waals surface area contributed by atoms with Crippen LogP contribution < -0.4 is 10.9 Å². The number of pyridine rings is 1. The predicted molar refractivity (Wildman–Crippen MR) is 101 cm³/mol. The summed E-state index contributed by atoms with van der Waals surface area (Å²) in [4.78, 5) is 23.4. The number of halogens is 2. The quantitative estimate of drug-likeness (QED) is 0.752. The third-order valence-electron chi connectivity index (χ3n) is 4.07. The highest BCUT2D eigenvalue weighted by Crippen LogP contribution is 2.23. The molecule has 0 aliphatic heterocycles. The minimum Gasteiger partial charge on any atom is -0.326 e. The number of benzene rings is 2. The fraction of sp³-hybridized carbons (Fsp3) is 0.0952. The van der Waals surface area contributed by atoms with Crippen LogP contribution in [0.25, 0.3) is 11.1 Å². The molecule has 0 aliphatic rings. The van der Waals surface area contributed by atoms with Crippen LogP contribution in [0.2, 0.25) is 0 Å². The minimum absolute atomic E-state index is 0.207. The van der Waals surface area contributed by atoms with Gasteiger partial charge in [0.25, 0.3) is 5.56 Å². The van der Waals surface area contributed by atoms with E-state index in [-0.39, 0.29) is 23.6 Å². The van der Waals surface area contributed by atoms with Gasteiger partial charge in [-0.25, -0.2) is 8.78 Å². The molecule has 3 aromatic rings. The Kier molecular flexibility index (Phi) is 5.32. The van der Waals surface area contributed by atoms with E-state index in [2.05, 4.69) is 5.32 Å². The third kappa shape index (κ3) is 4.13. The summed E-state index contributed by atoms with van der Waals surface area (Å²) in [5.74, 6) is -2.13. The van der Waals surface area contributed by atoms with Crippen LogP contribution in [-0.4, -0.2) is 10.5 Å². The number of nitriles is 1. The first-order chi connectivity index (χ1) is 13.4. The Morgan fingerprint density at radius 3 is 2.46 bits per heavy atom. The molecule has 7 heteroatoms. The van der Waals surface area contributed by atoms with Crippen molar-refractivity contribution in [1.29, 1.82) is 5.26 Å². The summed E-state index contributed by atoms with van der Waals surface area (Å²) in [5, 5.41) is 11.5. The van der Waals surface area contributed by atoms with Crippen molar-refractivity contribution in [2.45, 2.75) is 13.5 Å². The van der Waals surface area contributed by atoms with Gasteiger partial charge in [0.1, 0.15) is 23.3 Å². The predicted octanol–water partition coefficient (Wildman–Crippen LogP) is 3.67. The van der Waals surface area contributed by atoms with Crippen molar-refractivity contribution in [2.75, 3.05) is 5.32 Å². The van der Waals surface area contributed by atoms with Gasteiger partial charge in [0.05, 0.1) is 6.54 Å². The van der Waals surface area contributed by atoms with Crippen LogP contribution in [0, 0.1) is 23.0 Å². The molecule has 140 valence electrons. The van der Waals surface area contributed by atoms with E-state index in [0.29, 0.717) is 11.3 Å². The monoisotopic (exact) mass is 379 g/mol. The standard InChI is InChI=1S/C21H15F2N3O2/c1-13(27)25-17-4-2-3-14(7-17)11-26-12-15(5-6-21(26)28)16-8-19(22)18(10-24)20(23)9-16/h2-9,12H,11H2,1H3,(H,25,27). The van der Waals surface area contributed by atoms with Gasteiger partial charge in [-0.05, 0) is 47.0 Å². The van der Waals surface area contributed by atoms with Crippen LogP contribution in [0.4, 0.5) is 14.5 Å². The molecule has 0 bridgehead atoms. The SMILES string of the molecule is CC(=O)Nc1cccc(Cn2cc(-c3cc(F)c(C#N)c(F)c3)ccc2=O)c1. The molecular weight excluding hydrogens is 364 g/mol. The lowest BCUT2D eigenvalue weighted by molar-refractivity contribution is -0.114. The summed E-state index contributed by atoms with van der Waals surface area (Å²) in [5.41, 5.74) is 1.08. The number of amides is 1. The molecule has 28 heavy (non-hydrogen) atoms. The Balaban J connectivity index is 1.96.